The number of rotatable bonds is 6. The number of fused-ring (bicyclic) bond motifs is 1. The van der Waals surface area contributed by atoms with Crippen LogP contribution in [0.5, 0.6) is 5.75 Å². The molecule has 1 aliphatic rings. The van der Waals surface area contributed by atoms with Gasteiger partial charge in [-0.15, -0.1) is 0 Å². The highest BCUT2D eigenvalue weighted by atomic mass is 35.5. The fourth-order valence-electron chi connectivity index (χ4n) is 3.03. The zero-order valence-electron chi connectivity index (χ0n) is 16.1. The summed E-state index contributed by atoms with van der Waals surface area (Å²) < 4.78 is 5.76. The number of halogens is 1. The van der Waals surface area contributed by atoms with E-state index >= 15 is 0 Å². The fourth-order valence-corrected chi connectivity index (χ4v) is 3.20. The van der Waals surface area contributed by atoms with Crippen LogP contribution in [-0.2, 0) is 16.1 Å². The molecule has 2 aromatic rings. The molecule has 0 radical (unpaired) electrons. The number of anilines is 1. The molecular formula is C21H21ClN2O5. The molecule has 1 heterocycles. The van der Waals surface area contributed by atoms with Crippen molar-refractivity contribution in [3.05, 3.63) is 58.6 Å². The number of nitrogens with zero attached hydrogens (tertiary/aromatic N) is 1. The number of benzene rings is 2. The third-order valence-electron chi connectivity index (χ3n) is 4.59. The number of carboxylic acid groups (broad SMARTS) is 1. The lowest BCUT2D eigenvalue weighted by Crippen LogP contribution is -2.53. The average molecular weight is 417 g/mol. The molecular weight excluding hydrogens is 396 g/mol. The number of nitrogens with one attached hydrogen (secondary N) is 1. The Bertz CT molecular complexity index is 956. The molecule has 1 aliphatic heterocycles. The third kappa shape index (κ3) is 4.68. The van der Waals surface area contributed by atoms with Crippen LogP contribution in [0.15, 0.2) is 42.5 Å². The first-order valence-corrected chi connectivity index (χ1v) is 9.44. The second-order valence-corrected chi connectivity index (χ2v) is 7.65. The number of aromatic carboxylic acids is 1. The summed E-state index contributed by atoms with van der Waals surface area (Å²) in [6.45, 7) is 3.81. The van der Waals surface area contributed by atoms with E-state index < -0.39 is 11.6 Å². The highest BCUT2D eigenvalue weighted by Gasteiger charge is 2.40. The highest BCUT2D eigenvalue weighted by Crippen LogP contribution is 2.39. The zero-order chi connectivity index (χ0) is 21.2. The van der Waals surface area contributed by atoms with E-state index in [1.54, 1.807) is 44.2 Å². The van der Waals surface area contributed by atoms with Gasteiger partial charge in [-0.1, -0.05) is 23.7 Å². The average Bonchev–Trinajstić information content (AvgIpc) is 2.67. The van der Waals surface area contributed by atoms with Crippen molar-refractivity contribution in [2.75, 3.05) is 11.4 Å². The first kappa shape index (κ1) is 20.7. The highest BCUT2D eigenvalue weighted by molar-refractivity contribution is 6.31. The Morgan fingerprint density at radius 2 is 1.86 bits per heavy atom. The Morgan fingerprint density at radius 1 is 1.17 bits per heavy atom. The topological polar surface area (TPSA) is 95.9 Å². The van der Waals surface area contributed by atoms with E-state index in [4.69, 9.17) is 21.4 Å². The van der Waals surface area contributed by atoms with Crippen molar-refractivity contribution in [2.45, 2.75) is 32.4 Å². The van der Waals surface area contributed by atoms with Crippen LogP contribution >= 0.6 is 11.6 Å². The van der Waals surface area contributed by atoms with E-state index in [9.17, 15) is 14.4 Å². The smallest absolute Gasteiger partial charge is 0.335 e. The van der Waals surface area contributed by atoms with Crippen LogP contribution in [0.25, 0.3) is 0 Å². The molecule has 0 saturated carbocycles. The number of hydrogen-bond donors (Lipinski definition) is 2. The van der Waals surface area contributed by atoms with Crippen molar-refractivity contribution >= 4 is 35.1 Å². The molecule has 0 fully saturated rings. The van der Waals surface area contributed by atoms with Crippen LogP contribution in [0.2, 0.25) is 5.02 Å². The van der Waals surface area contributed by atoms with Gasteiger partial charge in [-0.2, -0.15) is 0 Å². The molecule has 7 nitrogen and oxygen atoms in total. The third-order valence-corrected chi connectivity index (χ3v) is 4.83. The van der Waals surface area contributed by atoms with Crippen molar-refractivity contribution in [2.24, 2.45) is 0 Å². The van der Waals surface area contributed by atoms with E-state index in [-0.39, 0.29) is 36.9 Å². The molecule has 2 aromatic carbocycles. The Kier molecular flexibility index (Phi) is 5.79. The maximum atomic E-state index is 12.8. The lowest BCUT2D eigenvalue weighted by molar-refractivity contribution is -0.132. The predicted octanol–water partition coefficient (Wildman–Crippen LogP) is 3.25. The molecule has 0 aromatic heterocycles. The van der Waals surface area contributed by atoms with Gasteiger partial charge in [0.15, 0.2) is 5.60 Å². The van der Waals surface area contributed by atoms with Crippen LogP contribution in [0.1, 0.15) is 36.2 Å². The number of amides is 2. The molecule has 29 heavy (non-hydrogen) atoms. The van der Waals surface area contributed by atoms with Crippen molar-refractivity contribution in [3.8, 4) is 5.75 Å². The van der Waals surface area contributed by atoms with Gasteiger partial charge >= 0.3 is 5.97 Å². The normalized spacial score (nSPS) is 14.7. The Labute approximate surface area is 173 Å². The predicted molar refractivity (Wildman–Crippen MR) is 108 cm³/mol. The molecule has 0 aliphatic carbocycles. The first-order valence-electron chi connectivity index (χ1n) is 9.07. The minimum Gasteiger partial charge on any atom is -0.478 e. The maximum absolute atomic E-state index is 12.8. The number of carbonyl (C=O) groups excluding carboxylic acids is 2. The van der Waals surface area contributed by atoms with E-state index in [1.807, 2.05) is 0 Å². The second kappa shape index (κ2) is 8.13. The van der Waals surface area contributed by atoms with Gasteiger partial charge in [-0.25, -0.2) is 4.79 Å². The van der Waals surface area contributed by atoms with Crippen LogP contribution in [0, 0.1) is 0 Å². The van der Waals surface area contributed by atoms with E-state index in [0.29, 0.717) is 16.5 Å². The molecule has 0 atom stereocenters. The fraction of sp³-hybridized carbons (Fsp3) is 0.286. The molecule has 2 amide bonds. The van der Waals surface area contributed by atoms with Crippen LogP contribution in [0.4, 0.5) is 5.69 Å². The SMILES string of the molecule is CC1(C)Oc2ccc(Cl)cc2N(CCC(=O)NCc2ccc(C(=O)O)cc2)C1=O. The Balaban J connectivity index is 1.62. The van der Waals surface area contributed by atoms with E-state index in [1.165, 1.54) is 17.0 Å². The summed E-state index contributed by atoms with van der Waals surface area (Å²) in [7, 11) is 0. The summed E-state index contributed by atoms with van der Waals surface area (Å²) in [4.78, 5) is 37.5. The molecule has 0 unspecified atom stereocenters. The minimum absolute atomic E-state index is 0.0982. The lowest BCUT2D eigenvalue weighted by atomic mass is 10.0. The van der Waals surface area contributed by atoms with Gasteiger partial charge in [0.2, 0.25) is 5.91 Å². The van der Waals surface area contributed by atoms with Gasteiger partial charge in [-0.05, 0) is 49.7 Å². The van der Waals surface area contributed by atoms with E-state index in [0.717, 1.165) is 5.56 Å². The summed E-state index contributed by atoms with van der Waals surface area (Å²) in [5.41, 5.74) is 0.470. The van der Waals surface area contributed by atoms with Crippen LogP contribution in [0.3, 0.4) is 0 Å². The number of hydrogen-bond acceptors (Lipinski definition) is 4. The van der Waals surface area contributed by atoms with Gasteiger partial charge < -0.3 is 20.1 Å². The van der Waals surface area contributed by atoms with Crippen LogP contribution in [-0.4, -0.2) is 35.0 Å². The van der Waals surface area contributed by atoms with Crippen LogP contribution < -0.4 is 15.0 Å². The van der Waals surface area contributed by atoms with Gasteiger partial charge in [-0.3, -0.25) is 9.59 Å². The lowest BCUT2D eigenvalue weighted by Gasteiger charge is -2.38. The minimum atomic E-state index is -1.04. The summed E-state index contributed by atoms with van der Waals surface area (Å²) in [5.74, 6) is -0.936. The second-order valence-electron chi connectivity index (χ2n) is 7.21. The monoisotopic (exact) mass is 416 g/mol. The van der Waals surface area contributed by atoms with Crippen molar-refractivity contribution in [1.29, 1.82) is 0 Å². The van der Waals surface area contributed by atoms with Gasteiger partial charge in [0.25, 0.3) is 5.91 Å². The summed E-state index contributed by atoms with van der Waals surface area (Å²) in [6.07, 6.45) is 0.0982. The number of carboxylic acids is 1. The molecule has 2 N–H and O–H groups in total. The van der Waals surface area contributed by atoms with Gasteiger partial charge in [0, 0.05) is 24.5 Å². The maximum Gasteiger partial charge on any atom is 0.335 e. The molecule has 0 saturated heterocycles. The zero-order valence-corrected chi connectivity index (χ0v) is 16.8. The molecule has 8 heteroatoms. The Hall–Kier alpha value is -3.06. The number of carbonyl (C=O) groups is 3. The number of ether oxygens (including phenoxy) is 1. The van der Waals surface area contributed by atoms with Gasteiger partial charge in [0.1, 0.15) is 5.75 Å². The van der Waals surface area contributed by atoms with Crippen molar-refractivity contribution < 1.29 is 24.2 Å². The molecule has 152 valence electrons. The van der Waals surface area contributed by atoms with Crippen molar-refractivity contribution in [3.63, 3.8) is 0 Å². The molecule has 0 spiro atoms. The summed E-state index contributed by atoms with van der Waals surface area (Å²) in [5, 5.41) is 12.2. The molecule has 0 bridgehead atoms. The molecule has 3 rings (SSSR count). The van der Waals surface area contributed by atoms with E-state index in [2.05, 4.69) is 5.32 Å². The standard InChI is InChI=1S/C21H21ClN2O5/c1-21(2)20(28)24(16-11-15(22)7-8-17(16)29-21)10-9-18(25)23-12-13-3-5-14(6-4-13)19(26)27/h3-8,11H,9-10,12H2,1-2H3,(H,23,25)(H,26,27). The van der Waals surface area contributed by atoms with Gasteiger partial charge in [0.05, 0.1) is 11.3 Å². The summed E-state index contributed by atoms with van der Waals surface area (Å²) in [6, 6.07) is 11.3. The van der Waals surface area contributed by atoms with Crippen molar-refractivity contribution in [1.82, 2.24) is 5.32 Å². The largest absolute Gasteiger partial charge is 0.478 e. The first-order chi connectivity index (χ1) is 13.7. The Morgan fingerprint density at radius 3 is 2.52 bits per heavy atom. The summed E-state index contributed by atoms with van der Waals surface area (Å²) >= 11 is 6.06. The quantitative estimate of drug-likeness (QED) is 0.753.